The summed E-state index contributed by atoms with van der Waals surface area (Å²) in [7, 11) is 0. The van der Waals surface area contributed by atoms with Gasteiger partial charge in [0.15, 0.2) is 0 Å². The molecule has 1 fully saturated rings. The van der Waals surface area contributed by atoms with Gasteiger partial charge in [0.05, 0.1) is 11.6 Å². The van der Waals surface area contributed by atoms with Crippen molar-refractivity contribution in [3.8, 4) is 6.07 Å². The summed E-state index contributed by atoms with van der Waals surface area (Å²) < 4.78 is 0. The van der Waals surface area contributed by atoms with Crippen molar-refractivity contribution in [2.45, 2.75) is 39.0 Å². The Bertz CT molecular complexity index is 411. The molecule has 0 amide bonds. The van der Waals surface area contributed by atoms with E-state index < -0.39 is 0 Å². The van der Waals surface area contributed by atoms with Crippen molar-refractivity contribution in [1.29, 1.82) is 5.26 Å². The Morgan fingerprint density at radius 2 is 2.12 bits per heavy atom. The summed E-state index contributed by atoms with van der Waals surface area (Å²) >= 11 is 0. The summed E-state index contributed by atoms with van der Waals surface area (Å²) in [4.78, 5) is 0. The van der Waals surface area contributed by atoms with E-state index in [2.05, 4.69) is 18.3 Å². The van der Waals surface area contributed by atoms with E-state index in [0.29, 0.717) is 0 Å². The van der Waals surface area contributed by atoms with Gasteiger partial charge in [-0.05, 0) is 43.0 Å². The number of nitriles is 1. The van der Waals surface area contributed by atoms with Crippen LogP contribution in [0.2, 0.25) is 0 Å². The van der Waals surface area contributed by atoms with Crippen LogP contribution in [0, 0.1) is 24.2 Å². The van der Waals surface area contributed by atoms with Crippen molar-refractivity contribution in [2.75, 3.05) is 11.9 Å². The highest BCUT2D eigenvalue weighted by molar-refractivity contribution is 5.53. The number of nitrogens with zero attached hydrogens (tertiary/aromatic N) is 1. The predicted molar refractivity (Wildman–Crippen MR) is 71.0 cm³/mol. The molecule has 0 saturated heterocycles. The van der Waals surface area contributed by atoms with Gasteiger partial charge in [0.2, 0.25) is 0 Å². The molecule has 90 valence electrons. The second-order valence-corrected chi connectivity index (χ2v) is 5.01. The molecule has 1 N–H and O–H groups in total. The van der Waals surface area contributed by atoms with Gasteiger partial charge in [0, 0.05) is 12.2 Å². The third-order valence-corrected chi connectivity index (χ3v) is 3.70. The summed E-state index contributed by atoms with van der Waals surface area (Å²) in [5.74, 6) is 0.932. The molecular weight excluding hydrogens is 208 g/mol. The van der Waals surface area contributed by atoms with Crippen LogP contribution in [-0.2, 0) is 0 Å². The SMILES string of the molecule is Cc1cc(C#N)ccc1NCCC1CCCC1. The molecule has 17 heavy (non-hydrogen) atoms. The van der Waals surface area contributed by atoms with Gasteiger partial charge in [-0.3, -0.25) is 0 Å². The molecule has 0 radical (unpaired) electrons. The Labute approximate surface area is 104 Å². The highest BCUT2D eigenvalue weighted by atomic mass is 14.9. The number of benzene rings is 1. The largest absolute Gasteiger partial charge is 0.385 e. The minimum atomic E-state index is 0.740. The number of aryl methyl sites for hydroxylation is 1. The average molecular weight is 228 g/mol. The Hall–Kier alpha value is -1.49. The minimum Gasteiger partial charge on any atom is -0.385 e. The first-order valence-corrected chi connectivity index (χ1v) is 6.54. The van der Waals surface area contributed by atoms with E-state index >= 15 is 0 Å². The highest BCUT2D eigenvalue weighted by Crippen LogP contribution is 2.27. The Morgan fingerprint density at radius 1 is 1.35 bits per heavy atom. The van der Waals surface area contributed by atoms with Crippen LogP contribution in [-0.4, -0.2) is 6.54 Å². The molecule has 0 unspecified atom stereocenters. The van der Waals surface area contributed by atoms with Gasteiger partial charge in [-0.2, -0.15) is 5.26 Å². The van der Waals surface area contributed by atoms with Crippen LogP contribution in [0.25, 0.3) is 0 Å². The predicted octanol–water partition coefficient (Wildman–Crippen LogP) is 3.86. The van der Waals surface area contributed by atoms with Crippen molar-refractivity contribution in [1.82, 2.24) is 0 Å². The van der Waals surface area contributed by atoms with Gasteiger partial charge in [-0.25, -0.2) is 0 Å². The zero-order chi connectivity index (χ0) is 12.1. The van der Waals surface area contributed by atoms with E-state index in [1.165, 1.54) is 37.8 Å². The van der Waals surface area contributed by atoms with Crippen LogP contribution in [0.1, 0.15) is 43.2 Å². The topological polar surface area (TPSA) is 35.8 Å². The van der Waals surface area contributed by atoms with Crippen molar-refractivity contribution in [2.24, 2.45) is 5.92 Å². The summed E-state index contributed by atoms with van der Waals surface area (Å²) in [6.45, 7) is 3.11. The summed E-state index contributed by atoms with van der Waals surface area (Å²) in [5, 5.41) is 12.3. The summed E-state index contributed by atoms with van der Waals surface area (Å²) in [5.41, 5.74) is 3.07. The van der Waals surface area contributed by atoms with E-state index in [4.69, 9.17) is 5.26 Å². The van der Waals surface area contributed by atoms with E-state index in [1.807, 2.05) is 18.2 Å². The first kappa shape index (κ1) is 12.0. The second-order valence-electron chi connectivity index (χ2n) is 5.01. The van der Waals surface area contributed by atoms with Crippen LogP contribution < -0.4 is 5.32 Å². The van der Waals surface area contributed by atoms with Crippen LogP contribution in [0.4, 0.5) is 5.69 Å². The van der Waals surface area contributed by atoms with Crippen LogP contribution in [0.3, 0.4) is 0 Å². The molecule has 0 heterocycles. The maximum atomic E-state index is 8.80. The Morgan fingerprint density at radius 3 is 2.76 bits per heavy atom. The molecule has 1 aliphatic carbocycles. The number of hydrogen-bond acceptors (Lipinski definition) is 2. The molecule has 0 atom stereocenters. The Balaban J connectivity index is 1.84. The lowest BCUT2D eigenvalue weighted by Crippen LogP contribution is -2.07. The molecule has 0 aliphatic heterocycles. The van der Waals surface area contributed by atoms with Gasteiger partial charge in [0.1, 0.15) is 0 Å². The average Bonchev–Trinajstić information content (AvgIpc) is 2.84. The molecule has 1 aliphatic rings. The maximum absolute atomic E-state index is 8.80. The normalized spacial score (nSPS) is 15.8. The third kappa shape index (κ3) is 3.23. The maximum Gasteiger partial charge on any atom is 0.0991 e. The summed E-state index contributed by atoms with van der Waals surface area (Å²) in [6, 6.07) is 8.01. The first-order chi connectivity index (χ1) is 8.29. The van der Waals surface area contributed by atoms with Gasteiger partial charge in [0.25, 0.3) is 0 Å². The lowest BCUT2D eigenvalue weighted by molar-refractivity contribution is 0.518. The fourth-order valence-corrected chi connectivity index (χ4v) is 2.64. The molecule has 1 saturated carbocycles. The second kappa shape index (κ2) is 5.72. The van der Waals surface area contributed by atoms with E-state index in [9.17, 15) is 0 Å². The van der Waals surface area contributed by atoms with Crippen molar-refractivity contribution in [3.63, 3.8) is 0 Å². The molecule has 0 aromatic heterocycles. The standard InChI is InChI=1S/C15H20N2/c1-12-10-14(11-16)6-7-15(12)17-9-8-13-4-2-3-5-13/h6-7,10,13,17H,2-5,8-9H2,1H3. The van der Waals surface area contributed by atoms with Crippen LogP contribution in [0.5, 0.6) is 0 Å². The zero-order valence-corrected chi connectivity index (χ0v) is 10.5. The smallest absolute Gasteiger partial charge is 0.0991 e. The number of hydrogen-bond donors (Lipinski definition) is 1. The van der Waals surface area contributed by atoms with E-state index in [-0.39, 0.29) is 0 Å². The lowest BCUT2D eigenvalue weighted by atomic mass is 10.0. The Kier molecular flexibility index (Phi) is 4.03. The molecule has 2 heteroatoms. The van der Waals surface area contributed by atoms with Crippen LogP contribution in [0.15, 0.2) is 18.2 Å². The van der Waals surface area contributed by atoms with Crippen molar-refractivity contribution in [3.05, 3.63) is 29.3 Å². The lowest BCUT2D eigenvalue weighted by Gasteiger charge is -2.12. The molecule has 1 aromatic rings. The quantitative estimate of drug-likeness (QED) is 0.849. The van der Waals surface area contributed by atoms with Gasteiger partial charge < -0.3 is 5.32 Å². The van der Waals surface area contributed by atoms with Gasteiger partial charge in [-0.15, -0.1) is 0 Å². The monoisotopic (exact) mass is 228 g/mol. The molecule has 2 rings (SSSR count). The summed E-state index contributed by atoms with van der Waals surface area (Å²) in [6.07, 6.45) is 6.93. The molecular formula is C15H20N2. The number of anilines is 1. The van der Waals surface area contributed by atoms with Gasteiger partial charge >= 0.3 is 0 Å². The van der Waals surface area contributed by atoms with Gasteiger partial charge in [-0.1, -0.05) is 25.7 Å². The van der Waals surface area contributed by atoms with Crippen molar-refractivity contribution >= 4 is 5.69 Å². The molecule has 0 bridgehead atoms. The number of rotatable bonds is 4. The third-order valence-electron chi connectivity index (χ3n) is 3.70. The molecule has 2 nitrogen and oxygen atoms in total. The molecule has 0 spiro atoms. The first-order valence-electron chi connectivity index (χ1n) is 6.54. The highest BCUT2D eigenvalue weighted by Gasteiger charge is 2.14. The zero-order valence-electron chi connectivity index (χ0n) is 10.5. The van der Waals surface area contributed by atoms with E-state index in [0.717, 1.165) is 23.6 Å². The van der Waals surface area contributed by atoms with Crippen molar-refractivity contribution < 1.29 is 0 Å². The minimum absolute atomic E-state index is 0.740. The van der Waals surface area contributed by atoms with Crippen LogP contribution >= 0.6 is 0 Å². The fourth-order valence-electron chi connectivity index (χ4n) is 2.64. The molecule has 1 aromatic carbocycles. The number of nitrogens with one attached hydrogen (secondary N) is 1. The van der Waals surface area contributed by atoms with E-state index in [1.54, 1.807) is 0 Å². The fraction of sp³-hybridized carbons (Fsp3) is 0.533.